The van der Waals surface area contributed by atoms with Gasteiger partial charge in [-0.1, -0.05) is 109 Å². The highest BCUT2D eigenvalue weighted by Crippen LogP contribution is 2.43. The van der Waals surface area contributed by atoms with Gasteiger partial charge < -0.3 is 4.42 Å². The van der Waals surface area contributed by atoms with Gasteiger partial charge >= 0.3 is 0 Å². The predicted octanol–water partition coefficient (Wildman–Crippen LogP) is 10.4. The van der Waals surface area contributed by atoms with E-state index < -0.39 is 0 Å². The van der Waals surface area contributed by atoms with Gasteiger partial charge in [0.1, 0.15) is 11.4 Å². The first-order valence-corrected chi connectivity index (χ1v) is 13.5. The number of rotatable bonds is 4. The molecule has 0 N–H and O–H groups in total. The van der Waals surface area contributed by atoms with Crippen molar-refractivity contribution in [3.63, 3.8) is 0 Å². The van der Waals surface area contributed by atoms with E-state index in [1.807, 2.05) is 30.5 Å². The molecule has 0 saturated heterocycles. The first-order valence-electron chi connectivity index (χ1n) is 13.5. The number of benzene rings is 6. The average molecular weight is 513 g/mol. The zero-order valence-corrected chi connectivity index (χ0v) is 21.7. The summed E-state index contributed by atoms with van der Waals surface area (Å²) < 4.78 is 6.11. The Bertz CT molecular complexity index is 2160. The van der Waals surface area contributed by atoms with Gasteiger partial charge in [-0.2, -0.15) is 0 Å². The third-order valence-corrected chi connectivity index (χ3v) is 7.70. The Morgan fingerprint density at radius 1 is 0.475 bits per heavy atom. The van der Waals surface area contributed by atoms with E-state index >= 15 is 0 Å². The smallest absolute Gasteiger partial charge is 0.153 e. The summed E-state index contributed by atoms with van der Waals surface area (Å²) in [7, 11) is 0. The van der Waals surface area contributed by atoms with E-state index in [1.54, 1.807) is 0 Å². The molecular weight excluding hydrogens is 488 g/mol. The second-order valence-electron chi connectivity index (χ2n) is 10.0. The summed E-state index contributed by atoms with van der Waals surface area (Å²) in [6.07, 6.45) is 1.85. The minimum absolute atomic E-state index is 0.785. The van der Waals surface area contributed by atoms with Crippen LogP contribution < -0.4 is 4.90 Å². The summed E-state index contributed by atoms with van der Waals surface area (Å²) in [5, 5.41) is 6.96. The first-order chi connectivity index (χ1) is 19.8. The van der Waals surface area contributed by atoms with Gasteiger partial charge in [0.25, 0.3) is 0 Å². The maximum Gasteiger partial charge on any atom is 0.153 e. The SMILES string of the molecule is c1ccc(-c2ccc(N(c3cc4c(cn3)oc3ccccc34)c3cc4ccccc4c4ccccc34)cc2)cc1. The van der Waals surface area contributed by atoms with Gasteiger partial charge in [0, 0.05) is 21.8 Å². The van der Waals surface area contributed by atoms with Crippen LogP contribution in [0.25, 0.3) is 54.6 Å². The fourth-order valence-electron chi connectivity index (χ4n) is 5.79. The zero-order chi connectivity index (χ0) is 26.5. The molecule has 0 atom stereocenters. The summed E-state index contributed by atoms with van der Waals surface area (Å²) in [4.78, 5) is 7.22. The fraction of sp³-hybridized carbons (Fsp3) is 0. The molecule has 0 aliphatic rings. The number of aromatic nitrogens is 1. The molecule has 8 aromatic rings. The van der Waals surface area contributed by atoms with E-state index in [4.69, 9.17) is 9.40 Å². The second-order valence-corrected chi connectivity index (χ2v) is 10.0. The Morgan fingerprint density at radius 2 is 1.12 bits per heavy atom. The molecule has 40 heavy (non-hydrogen) atoms. The van der Waals surface area contributed by atoms with E-state index in [9.17, 15) is 0 Å². The van der Waals surface area contributed by atoms with Crippen LogP contribution in [0.5, 0.6) is 0 Å². The van der Waals surface area contributed by atoms with E-state index in [2.05, 4.69) is 120 Å². The summed E-state index contributed by atoms with van der Waals surface area (Å²) in [6.45, 7) is 0. The molecule has 0 radical (unpaired) electrons. The lowest BCUT2D eigenvalue weighted by Crippen LogP contribution is -2.12. The number of nitrogens with zero attached hydrogens (tertiary/aromatic N) is 2. The number of furan rings is 1. The van der Waals surface area contributed by atoms with Crippen molar-refractivity contribution < 1.29 is 4.42 Å². The third kappa shape index (κ3) is 3.63. The maximum absolute atomic E-state index is 6.11. The maximum atomic E-state index is 6.11. The normalized spacial score (nSPS) is 11.5. The Morgan fingerprint density at radius 3 is 1.95 bits per heavy atom. The van der Waals surface area contributed by atoms with Gasteiger partial charge in [-0.05, 0) is 57.6 Å². The van der Waals surface area contributed by atoms with Crippen molar-refractivity contribution in [1.82, 2.24) is 4.98 Å². The molecule has 8 rings (SSSR count). The van der Waals surface area contributed by atoms with E-state index in [0.717, 1.165) is 39.1 Å². The lowest BCUT2D eigenvalue weighted by atomic mass is 9.99. The molecule has 2 heterocycles. The van der Waals surface area contributed by atoms with Crippen LogP contribution in [0.1, 0.15) is 0 Å². The topological polar surface area (TPSA) is 29.3 Å². The Balaban J connectivity index is 1.39. The molecule has 188 valence electrons. The molecule has 0 aliphatic heterocycles. The second kappa shape index (κ2) is 9.11. The molecule has 0 saturated carbocycles. The van der Waals surface area contributed by atoms with Crippen molar-refractivity contribution in [2.45, 2.75) is 0 Å². The monoisotopic (exact) mass is 512 g/mol. The van der Waals surface area contributed by atoms with Gasteiger partial charge in [0.15, 0.2) is 5.58 Å². The van der Waals surface area contributed by atoms with E-state index in [-0.39, 0.29) is 0 Å². The average Bonchev–Trinajstić information content (AvgIpc) is 3.40. The highest BCUT2D eigenvalue weighted by Gasteiger charge is 2.20. The van der Waals surface area contributed by atoms with Crippen LogP contribution in [0.15, 0.2) is 150 Å². The molecular formula is C37H24N2O. The van der Waals surface area contributed by atoms with Crippen LogP contribution in [0.4, 0.5) is 17.2 Å². The Labute approximate surface area is 231 Å². The Hall–Kier alpha value is -5.41. The van der Waals surface area contributed by atoms with Crippen molar-refractivity contribution >= 4 is 60.7 Å². The Kier molecular flexibility index (Phi) is 5.14. The number of para-hydroxylation sites is 1. The molecule has 3 nitrogen and oxygen atoms in total. The summed E-state index contributed by atoms with van der Waals surface area (Å²) in [5.41, 5.74) is 6.15. The van der Waals surface area contributed by atoms with Crippen LogP contribution in [-0.2, 0) is 0 Å². The van der Waals surface area contributed by atoms with Crippen LogP contribution in [0.3, 0.4) is 0 Å². The number of pyridine rings is 1. The molecule has 2 aromatic heterocycles. The minimum Gasteiger partial charge on any atom is -0.454 e. The van der Waals surface area contributed by atoms with Crippen molar-refractivity contribution in [2.24, 2.45) is 0 Å². The van der Waals surface area contributed by atoms with Crippen LogP contribution >= 0.6 is 0 Å². The molecule has 0 fully saturated rings. The van der Waals surface area contributed by atoms with Gasteiger partial charge in [0.2, 0.25) is 0 Å². The fourth-order valence-corrected chi connectivity index (χ4v) is 5.79. The molecule has 3 heteroatoms. The molecule has 6 aromatic carbocycles. The summed E-state index contributed by atoms with van der Waals surface area (Å²) in [6, 6.07) is 49.0. The molecule has 0 aliphatic carbocycles. The van der Waals surface area contributed by atoms with E-state index in [1.165, 1.54) is 32.7 Å². The number of hydrogen-bond acceptors (Lipinski definition) is 3. The lowest BCUT2D eigenvalue weighted by molar-refractivity contribution is 0.667. The highest BCUT2D eigenvalue weighted by atomic mass is 16.3. The van der Waals surface area contributed by atoms with Crippen molar-refractivity contribution in [3.05, 3.63) is 146 Å². The van der Waals surface area contributed by atoms with Crippen molar-refractivity contribution in [2.75, 3.05) is 4.90 Å². The molecule has 0 amide bonds. The molecule has 0 unspecified atom stereocenters. The number of hydrogen-bond donors (Lipinski definition) is 0. The largest absolute Gasteiger partial charge is 0.454 e. The van der Waals surface area contributed by atoms with Crippen molar-refractivity contribution in [1.29, 1.82) is 0 Å². The first kappa shape index (κ1) is 22.6. The van der Waals surface area contributed by atoms with Crippen molar-refractivity contribution in [3.8, 4) is 11.1 Å². The van der Waals surface area contributed by atoms with Gasteiger partial charge in [0.05, 0.1) is 11.9 Å². The highest BCUT2D eigenvalue weighted by molar-refractivity contribution is 6.15. The standard InChI is InChI=1S/C37H24N2O/c1-2-10-25(11-3-1)26-18-20-28(21-19-26)39(37-23-33-32-16-8-9-17-35(32)40-36(33)24-38-37)34-22-27-12-4-5-13-29(27)30-14-6-7-15-31(30)34/h1-24H. The van der Waals surface area contributed by atoms with Gasteiger partial charge in [-0.15, -0.1) is 0 Å². The quantitative estimate of drug-likeness (QED) is 0.220. The van der Waals surface area contributed by atoms with Gasteiger partial charge in [-0.25, -0.2) is 4.98 Å². The zero-order valence-electron chi connectivity index (χ0n) is 21.7. The van der Waals surface area contributed by atoms with E-state index in [0.29, 0.717) is 0 Å². The summed E-state index contributed by atoms with van der Waals surface area (Å²) in [5.74, 6) is 0.840. The van der Waals surface area contributed by atoms with Crippen LogP contribution in [0.2, 0.25) is 0 Å². The number of fused-ring (bicyclic) bond motifs is 6. The summed E-state index contributed by atoms with van der Waals surface area (Å²) >= 11 is 0. The van der Waals surface area contributed by atoms with Crippen LogP contribution in [-0.4, -0.2) is 4.98 Å². The third-order valence-electron chi connectivity index (χ3n) is 7.70. The lowest BCUT2D eigenvalue weighted by Gasteiger charge is -2.26. The number of anilines is 3. The minimum atomic E-state index is 0.785. The predicted molar refractivity (Wildman–Crippen MR) is 167 cm³/mol. The molecule has 0 spiro atoms. The van der Waals surface area contributed by atoms with Gasteiger partial charge in [-0.3, -0.25) is 4.90 Å². The van der Waals surface area contributed by atoms with Crippen LogP contribution in [0, 0.1) is 0 Å². The molecule has 0 bridgehead atoms.